The Morgan fingerprint density at radius 3 is 2.20 bits per heavy atom. The van der Waals surface area contributed by atoms with Gasteiger partial charge >= 0.3 is 0 Å². The number of anilines is 1. The molecule has 2 amide bonds. The van der Waals surface area contributed by atoms with Crippen molar-refractivity contribution in [2.45, 2.75) is 59.2 Å². The SMILES string of the molecule is CC[C@H](C(=O)NC(C)(C)C)N(Cc1ccc(F)cc1)C(=O)CN(c1ccc(C)c(Cl)c1)S(C)(=O)=O. The van der Waals surface area contributed by atoms with E-state index in [9.17, 15) is 22.4 Å². The van der Waals surface area contributed by atoms with Crippen LogP contribution < -0.4 is 9.62 Å². The van der Waals surface area contributed by atoms with E-state index >= 15 is 0 Å². The lowest BCUT2D eigenvalue weighted by molar-refractivity contribution is -0.141. The van der Waals surface area contributed by atoms with Gasteiger partial charge in [-0.15, -0.1) is 0 Å². The largest absolute Gasteiger partial charge is 0.350 e. The second-order valence-electron chi connectivity index (χ2n) is 9.51. The van der Waals surface area contributed by atoms with Gasteiger partial charge in [0.2, 0.25) is 21.8 Å². The van der Waals surface area contributed by atoms with E-state index in [1.54, 1.807) is 26.0 Å². The molecule has 0 aliphatic carbocycles. The quantitative estimate of drug-likeness (QED) is 0.529. The van der Waals surface area contributed by atoms with E-state index in [2.05, 4.69) is 5.32 Å². The van der Waals surface area contributed by atoms with Crippen LogP contribution >= 0.6 is 11.6 Å². The van der Waals surface area contributed by atoms with Crippen molar-refractivity contribution in [3.05, 3.63) is 64.4 Å². The smallest absolute Gasteiger partial charge is 0.244 e. The van der Waals surface area contributed by atoms with Gasteiger partial charge in [0.15, 0.2) is 0 Å². The number of sulfonamides is 1. The van der Waals surface area contributed by atoms with Crippen LogP contribution in [0.1, 0.15) is 45.2 Å². The van der Waals surface area contributed by atoms with E-state index in [-0.39, 0.29) is 18.1 Å². The van der Waals surface area contributed by atoms with Gasteiger partial charge in [0, 0.05) is 17.1 Å². The molecule has 0 fully saturated rings. The van der Waals surface area contributed by atoms with Crippen LogP contribution in [-0.4, -0.2) is 49.5 Å². The molecule has 0 aliphatic rings. The highest BCUT2D eigenvalue weighted by atomic mass is 35.5. The van der Waals surface area contributed by atoms with Crippen LogP contribution in [0.15, 0.2) is 42.5 Å². The van der Waals surface area contributed by atoms with Gasteiger partial charge in [-0.2, -0.15) is 0 Å². The number of carbonyl (C=O) groups is 2. The third kappa shape index (κ3) is 8.21. The first kappa shape index (κ1) is 28.6. The maximum Gasteiger partial charge on any atom is 0.244 e. The zero-order valence-electron chi connectivity index (χ0n) is 20.9. The normalized spacial score (nSPS) is 12.7. The average molecular weight is 526 g/mol. The van der Waals surface area contributed by atoms with E-state index in [4.69, 9.17) is 11.6 Å². The van der Waals surface area contributed by atoms with Crippen molar-refractivity contribution < 1.29 is 22.4 Å². The molecule has 1 atom stereocenters. The lowest BCUT2D eigenvalue weighted by Crippen LogP contribution is -2.55. The lowest BCUT2D eigenvalue weighted by Gasteiger charge is -2.34. The molecule has 10 heteroatoms. The van der Waals surface area contributed by atoms with Crippen molar-refractivity contribution in [1.29, 1.82) is 0 Å². The van der Waals surface area contributed by atoms with E-state index in [1.165, 1.54) is 35.2 Å². The fourth-order valence-electron chi connectivity index (χ4n) is 3.51. The van der Waals surface area contributed by atoms with Gasteiger partial charge in [0.1, 0.15) is 18.4 Å². The molecule has 0 unspecified atom stereocenters. The number of hydrogen-bond acceptors (Lipinski definition) is 4. The van der Waals surface area contributed by atoms with Crippen molar-refractivity contribution in [2.24, 2.45) is 0 Å². The van der Waals surface area contributed by atoms with Gasteiger partial charge in [-0.25, -0.2) is 12.8 Å². The number of amides is 2. The van der Waals surface area contributed by atoms with Crippen LogP contribution in [0.2, 0.25) is 5.02 Å². The summed E-state index contributed by atoms with van der Waals surface area (Å²) >= 11 is 6.20. The van der Waals surface area contributed by atoms with Crippen molar-refractivity contribution in [3.63, 3.8) is 0 Å². The molecule has 0 aliphatic heterocycles. The third-order valence-corrected chi connectivity index (χ3v) is 6.82. The first-order chi connectivity index (χ1) is 16.1. The summed E-state index contributed by atoms with van der Waals surface area (Å²) in [6.07, 6.45) is 1.30. The number of aryl methyl sites for hydroxylation is 1. The first-order valence-electron chi connectivity index (χ1n) is 11.2. The number of nitrogens with one attached hydrogen (secondary N) is 1. The van der Waals surface area contributed by atoms with Crippen molar-refractivity contribution >= 4 is 39.1 Å². The number of carbonyl (C=O) groups excluding carboxylic acids is 2. The second-order valence-corrected chi connectivity index (χ2v) is 11.8. The van der Waals surface area contributed by atoms with Crippen molar-refractivity contribution in [3.8, 4) is 0 Å². The molecule has 0 bridgehead atoms. The summed E-state index contributed by atoms with van der Waals surface area (Å²) in [7, 11) is -3.86. The molecule has 0 spiro atoms. The van der Waals surface area contributed by atoms with Gasteiger partial charge in [0.05, 0.1) is 11.9 Å². The molecule has 192 valence electrons. The molecule has 2 aromatic rings. The Hall–Kier alpha value is -2.65. The third-order valence-electron chi connectivity index (χ3n) is 5.27. The fourth-order valence-corrected chi connectivity index (χ4v) is 4.53. The molecule has 35 heavy (non-hydrogen) atoms. The van der Waals surface area contributed by atoms with Gasteiger partial charge in [0.25, 0.3) is 0 Å². The van der Waals surface area contributed by atoms with Gasteiger partial charge < -0.3 is 10.2 Å². The molecule has 7 nitrogen and oxygen atoms in total. The molecule has 2 rings (SSSR count). The number of halogens is 2. The van der Waals surface area contributed by atoms with Gasteiger partial charge in [-0.05, 0) is 69.5 Å². The highest BCUT2D eigenvalue weighted by Gasteiger charge is 2.33. The second kappa shape index (κ2) is 11.4. The minimum Gasteiger partial charge on any atom is -0.350 e. The molecule has 0 heterocycles. The zero-order chi connectivity index (χ0) is 26.6. The fraction of sp³-hybridized carbons (Fsp3) is 0.440. The van der Waals surface area contributed by atoms with E-state index < -0.39 is 39.9 Å². The van der Waals surface area contributed by atoms with Gasteiger partial charge in [-0.1, -0.05) is 36.7 Å². The summed E-state index contributed by atoms with van der Waals surface area (Å²) < 4.78 is 39.7. The minimum atomic E-state index is -3.86. The summed E-state index contributed by atoms with van der Waals surface area (Å²) in [6.45, 7) is 8.51. The standard InChI is InChI=1S/C25H33ClFN3O4S/c1-7-22(24(32)28-25(3,4)5)29(15-18-9-11-19(27)12-10-18)23(31)16-30(35(6,33)34)20-13-8-17(2)21(26)14-20/h8-14,22H,7,15-16H2,1-6H3,(H,28,32)/t22-/m1/s1. The predicted molar refractivity (Wildman–Crippen MR) is 137 cm³/mol. The van der Waals surface area contributed by atoms with Crippen molar-refractivity contribution in [2.75, 3.05) is 17.1 Å². The first-order valence-corrected chi connectivity index (χ1v) is 13.4. The molecule has 0 saturated carbocycles. The summed E-state index contributed by atoms with van der Waals surface area (Å²) in [5.74, 6) is -1.37. The zero-order valence-corrected chi connectivity index (χ0v) is 22.5. The monoisotopic (exact) mass is 525 g/mol. The minimum absolute atomic E-state index is 0.00143. The summed E-state index contributed by atoms with van der Waals surface area (Å²) in [6, 6.07) is 9.45. The summed E-state index contributed by atoms with van der Waals surface area (Å²) in [4.78, 5) is 28.0. The Morgan fingerprint density at radius 2 is 1.71 bits per heavy atom. The van der Waals surface area contributed by atoms with Crippen LogP contribution in [0.4, 0.5) is 10.1 Å². The van der Waals surface area contributed by atoms with E-state index in [0.717, 1.165) is 16.1 Å². The Bertz CT molecular complexity index is 1160. The average Bonchev–Trinajstić information content (AvgIpc) is 2.73. The predicted octanol–water partition coefficient (Wildman–Crippen LogP) is 4.28. The van der Waals surface area contributed by atoms with Crippen LogP contribution in [0.5, 0.6) is 0 Å². The van der Waals surface area contributed by atoms with E-state index in [0.29, 0.717) is 17.0 Å². The molecular weight excluding hydrogens is 493 g/mol. The Kier molecular flexibility index (Phi) is 9.30. The number of rotatable bonds is 9. The van der Waals surface area contributed by atoms with Crippen LogP contribution in [0, 0.1) is 12.7 Å². The molecule has 0 radical (unpaired) electrons. The molecule has 0 saturated heterocycles. The molecular formula is C25H33ClFN3O4S. The molecule has 2 aromatic carbocycles. The number of benzene rings is 2. The number of hydrogen-bond donors (Lipinski definition) is 1. The van der Waals surface area contributed by atoms with Crippen LogP contribution in [0.3, 0.4) is 0 Å². The van der Waals surface area contributed by atoms with Crippen LogP contribution in [-0.2, 0) is 26.2 Å². The maximum absolute atomic E-state index is 13.6. The Labute approximate surface area is 212 Å². The highest BCUT2D eigenvalue weighted by Crippen LogP contribution is 2.25. The maximum atomic E-state index is 13.6. The Morgan fingerprint density at radius 1 is 1.11 bits per heavy atom. The van der Waals surface area contributed by atoms with Crippen molar-refractivity contribution in [1.82, 2.24) is 10.2 Å². The van der Waals surface area contributed by atoms with E-state index in [1.807, 2.05) is 20.8 Å². The highest BCUT2D eigenvalue weighted by molar-refractivity contribution is 7.92. The summed E-state index contributed by atoms with van der Waals surface area (Å²) in [5, 5.41) is 3.25. The Balaban J connectivity index is 2.47. The molecule has 0 aromatic heterocycles. The number of nitrogens with zero attached hydrogens (tertiary/aromatic N) is 2. The van der Waals surface area contributed by atoms with Crippen LogP contribution in [0.25, 0.3) is 0 Å². The summed E-state index contributed by atoms with van der Waals surface area (Å²) in [5.41, 5.74) is 1.07. The lowest BCUT2D eigenvalue weighted by atomic mass is 10.1. The van der Waals surface area contributed by atoms with Gasteiger partial charge in [-0.3, -0.25) is 13.9 Å². The molecule has 1 N–H and O–H groups in total. The topological polar surface area (TPSA) is 86.8 Å².